The van der Waals surface area contributed by atoms with E-state index in [-0.39, 0.29) is 12.1 Å². The van der Waals surface area contributed by atoms with Gasteiger partial charge in [0, 0.05) is 26.2 Å². The molecule has 0 unspecified atom stereocenters. The number of carbonyl (C=O) groups is 1. The van der Waals surface area contributed by atoms with Crippen molar-refractivity contribution < 1.29 is 9.53 Å². The SMILES string of the molecule is CC(C)(C)OC(=O)N1CCN(Cc2ccccc2)C[C@@H]1CC#N. The minimum absolute atomic E-state index is 0.118. The lowest BCUT2D eigenvalue weighted by Crippen LogP contribution is -2.55. The van der Waals surface area contributed by atoms with Gasteiger partial charge in [0.25, 0.3) is 0 Å². The zero-order chi connectivity index (χ0) is 16.9. The fourth-order valence-corrected chi connectivity index (χ4v) is 2.75. The van der Waals surface area contributed by atoms with Crippen LogP contribution in [0.25, 0.3) is 0 Å². The number of carbonyl (C=O) groups excluding carboxylic acids is 1. The molecule has 0 spiro atoms. The summed E-state index contributed by atoms with van der Waals surface area (Å²) >= 11 is 0. The molecule has 5 nitrogen and oxygen atoms in total. The number of hydrogen-bond donors (Lipinski definition) is 0. The lowest BCUT2D eigenvalue weighted by molar-refractivity contribution is -0.00165. The monoisotopic (exact) mass is 315 g/mol. The molecular formula is C18H25N3O2. The molecule has 2 rings (SSSR count). The normalized spacial score (nSPS) is 19.2. The van der Waals surface area contributed by atoms with Crippen molar-refractivity contribution in [2.24, 2.45) is 0 Å². The Labute approximate surface area is 138 Å². The first kappa shape index (κ1) is 17.3. The topological polar surface area (TPSA) is 56.6 Å². The molecule has 1 aromatic rings. The summed E-state index contributed by atoms with van der Waals surface area (Å²) in [6, 6.07) is 12.3. The molecule has 5 heteroatoms. The Morgan fingerprint density at radius 1 is 1.30 bits per heavy atom. The van der Waals surface area contributed by atoms with Crippen molar-refractivity contribution in [2.75, 3.05) is 19.6 Å². The van der Waals surface area contributed by atoms with Crippen LogP contribution in [-0.2, 0) is 11.3 Å². The molecule has 0 radical (unpaired) electrons. The molecule has 0 bridgehead atoms. The number of hydrogen-bond acceptors (Lipinski definition) is 4. The van der Waals surface area contributed by atoms with E-state index in [2.05, 4.69) is 23.1 Å². The van der Waals surface area contributed by atoms with Crippen LogP contribution in [0.3, 0.4) is 0 Å². The first-order chi connectivity index (χ1) is 10.9. The highest BCUT2D eigenvalue weighted by molar-refractivity contribution is 5.68. The third-order valence-corrected chi connectivity index (χ3v) is 3.77. The zero-order valence-electron chi connectivity index (χ0n) is 14.2. The summed E-state index contributed by atoms with van der Waals surface area (Å²) in [5, 5.41) is 9.08. The molecule has 1 saturated heterocycles. The lowest BCUT2D eigenvalue weighted by atomic mass is 10.1. The molecule has 1 heterocycles. The van der Waals surface area contributed by atoms with E-state index in [0.717, 1.165) is 13.1 Å². The van der Waals surface area contributed by atoms with Gasteiger partial charge in [0.15, 0.2) is 0 Å². The van der Waals surface area contributed by atoms with Crippen molar-refractivity contribution in [3.8, 4) is 6.07 Å². The molecule has 124 valence electrons. The van der Waals surface area contributed by atoms with Crippen LogP contribution in [0.5, 0.6) is 0 Å². The van der Waals surface area contributed by atoms with Crippen molar-refractivity contribution in [3.63, 3.8) is 0 Å². The molecule has 1 aliphatic rings. The average molecular weight is 315 g/mol. The van der Waals surface area contributed by atoms with E-state index < -0.39 is 5.60 Å². The van der Waals surface area contributed by atoms with Crippen LogP contribution >= 0.6 is 0 Å². The van der Waals surface area contributed by atoms with Crippen LogP contribution in [0.2, 0.25) is 0 Å². The van der Waals surface area contributed by atoms with Crippen LogP contribution in [0.15, 0.2) is 30.3 Å². The Kier molecular flexibility index (Phi) is 5.62. The van der Waals surface area contributed by atoms with E-state index in [1.54, 1.807) is 4.90 Å². The molecular weight excluding hydrogens is 290 g/mol. The maximum absolute atomic E-state index is 12.3. The number of nitriles is 1. The smallest absolute Gasteiger partial charge is 0.410 e. The Bertz CT molecular complexity index is 560. The quantitative estimate of drug-likeness (QED) is 0.860. The first-order valence-electron chi connectivity index (χ1n) is 8.02. The minimum atomic E-state index is -0.518. The predicted octanol–water partition coefficient (Wildman–Crippen LogP) is 3.02. The Hall–Kier alpha value is -2.06. The third-order valence-electron chi connectivity index (χ3n) is 3.77. The first-order valence-corrected chi connectivity index (χ1v) is 8.02. The molecule has 0 aliphatic carbocycles. The van der Waals surface area contributed by atoms with E-state index in [9.17, 15) is 4.79 Å². The maximum atomic E-state index is 12.3. The Morgan fingerprint density at radius 2 is 2.00 bits per heavy atom. The molecule has 0 saturated carbocycles. The Balaban J connectivity index is 2.00. The Morgan fingerprint density at radius 3 is 2.61 bits per heavy atom. The van der Waals surface area contributed by atoms with Crippen molar-refractivity contribution in [3.05, 3.63) is 35.9 Å². The lowest BCUT2D eigenvalue weighted by Gasteiger charge is -2.41. The summed E-state index contributed by atoms with van der Waals surface area (Å²) in [4.78, 5) is 16.3. The van der Waals surface area contributed by atoms with Crippen molar-refractivity contribution in [2.45, 2.75) is 45.4 Å². The standard InChI is InChI=1S/C18H25N3O2/c1-18(2,3)23-17(22)21-12-11-20(14-16(21)9-10-19)13-15-7-5-4-6-8-15/h4-8,16H,9,11-14H2,1-3H3/t16-/m0/s1. The molecule has 0 aromatic heterocycles. The number of amides is 1. The fraction of sp³-hybridized carbons (Fsp3) is 0.556. The second-order valence-electron chi connectivity index (χ2n) is 6.91. The van der Waals surface area contributed by atoms with Gasteiger partial charge in [-0.05, 0) is 26.3 Å². The number of nitrogens with zero attached hydrogens (tertiary/aromatic N) is 3. The van der Waals surface area contributed by atoms with Gasteiger partial charge >= 0.3 is 6.09 Å². The minimum Gasteiger partial charge on any atom is -0.444 e. The van der Waals surface area contributed by atoms with Gasteiger partial charge in [0.1, 0.15) is 5.60 Å². The molecule has 1 amide bonds. The van der Waals surface area contributed by atoms with E-state index >= 15 is 0 Å². The largest absolute Gasteiger partial charge is 0.444 e. The van der Waals surface area contributed by atoms with Crippen molar-refractivity contribution >= 4 is 6.09 Å². The van der Waals surface area contributed by atoms with Gasteiger partial charge in [-0.25, -0.2) is 4.79 Å². The summed E-state index contributed by atoms with van der Waals surface area (Å²) in [5.41, 5.74) is 0.726. The number of benzene rings is 1. The third kappa shape index (κ3) is 5.26. The molecule has 0 N–H and O–H groups in total. The molecule has 23 heavy (non-hydrogen) atoms. The highest BCUT2D eigenvalue weighted by atomic mass is 16.6. The second kappa shape index (κ2) is 7.47. The van der Waals surface area contributed by atoms with Gasteiger partial charge in [-0.3, -0.25) is 4.90 Å². The van der Waals surface area contributed by atoms with Gasteiger partial charge < -0.3 is 9.64 Å². The van der Waals surface area contributed by atoms with Gasteiger partial charge in [-0.2, -0.15) is 5.26 Å². The van der Waals surface area contributed by atoms with E-state index in [0.29, 0.717) is 19.5 Å². The van der Waals surface area contributed by atoms with Crippen molar-refractivity contribution in [1.29, 1.82) is 5.26 Å². The van der Waals surface area contributed by atoms with Crippen LogP contribution in [0, 0.1) is 11.3 Å². The van der Waals surface area contributed by atoms with E-state index in [4.69, 9.17) is 10.00 Å². The van der Waals surface area contributed by atoms with Gasteiger partial charge in [0.05, 0.1) is 18.5 Å². The van der Waals surface area contributed by atoms with Crippen LogP contribution in [-0.4, -0.2) is 47.2 Å². The van der Waals surface area contributed by atoms with E-state index in [1.165, 1.54) is 5.56 Å². The molecule has 1 fully saturated rings. The highest BCUT2D eigenvalue weighted by Crippen LogP contribution is 2.19. The summed E-state index contributed by atoms with van der Waals surface area (Å²) in [5.74, 6) is 0. The predicted molar refractivity (Wildman–Crippen MR) is 88.7 cm³/mol. The van der Waals surface area contributed by atoms with Crippen LogP contribution < -0.4 is 0 Å². The van der Waals surface area contributed by atoms with Gasteiger partial charge in [-0.15, -0.1) is 0 Å². The van der Waals surface area contributed by atoms with Crippen molar-refractivity contribution in [1.82, 2.24) is 9.80 Å². The average Bonchev–Trinajstić information content (AvgIpc) is 2.47. The second-order valence-corrected chi connectivity index (χ2v) is 6.91. The highest BCUT2D eigenvalue weighted by Gasteiger charge is 2.33. The van der Waals surface area contributed by atoms with Gasteiger partial charge in [-0.1, -0.05) is 30.3 Å². The number of rotatable bonds is 3. The van der Waals surface area contributed by atoms with E-state index in [1.807, 2.05) is 39.0 Å². The number of ether oxygens (including phenoxy) is 1. The van der Waals surface area contributed by atoms with Crippen LogP contribution in [0.4, 0.5) is 4.79 Å². The molecule has 1 atom stereocenters. The fourth-order valence-electron chi connectivity index (χ4n) is 2.75. The van der Waals surface area contributed by atoms with Crippen LogP contribution in [0.1, 0.15) is 32.8 Å². The molecule has 1 aromatic carbocycles. The number of piperazine rings is 1. The van der Waals surface area contributed by atoms with Gasteiger partial charge in [0.2, 0.25) is 0 Å². The summed E-state index contributed by atoms with van der Waals surface area (Å²) in [6.45, 7) is 8.48. The molecule has 1 aliphatic heterocycles. The maximum Gasteiger partial charge on any atom is 0.410 e. The summed E-state index contributed by atoms with van der Waals surface area (Å²) in [6.07, 6.45) is 0.00182. The zero-order valence-corrected chi connectivity index (χ0v) is 14.2. The summed E-state index contributed by atoms with van der Waals surface area (Å²) < 4.78 is 5.47. The summed E-state index contributed by atoms with van der Waals surface area (Å²) in [7, 11) is 0.